The molecule has 150 valence electrons. The van der Waals surface area contributed by atoms with Crippen LogP contribution < -0.4 is 10.6 Å². The first-order valence-corrected chi connectivity index (χ1v) is 10.2. The van der Waals surface area contributed by atoms with Gasteiger partial charge in [-0.1, -0.05) is 36.4 Å². The Hall–Kier alpha value is -3.78. The van der Waals surface area contributed by atoms with Crippen molar-refractivity contribution < 1.29 is 9.59 Å². The van der Waals surface area contributed by atoms with E-state index in [0.29, 0.717) is 29.2 Å². The minimum Gasteiger partial charge on any atom is -0.348 e. The van der Waals surface area contributed by atoms with Crippen molar-refractivity contribution in [2.24, 2.45) is 0 Å². The van der Waals surface area contributed by atoms with Crippen LogP contribution in [0.15, 0.2) is 78.7 Å². The van der Waals surface area contributed by atoms with Gasteiger partial charge in [-0.3, -0.25) is 9.59 Å². The lowest BCUT2D eigenvalue weighted by Crippen LogP contribution is -2.23. The van der Waals surface area contributed by atoms with Gasteiger partial charge in [0, 0.05) is 17.8 Å². The Bertz CT molecular complexity index is 1120. The maximum atomic E-state index is 12.5. The Morgan fingerprint density at radius 1 is 0.967 bits per heavy atom. The average molecular weight is 417 g/mol. The number of carbonyl (C=O) groups excluding carboxylic acids is 2. The minimum atomic E-state index is -0.200. The molecule has 0 spiro atoms. The lowest BCUT2D eigenvalue weighted by molar-refractivity contribution is 0.0949. The second-order valence-electron chi connectivity index (χ2n) is 6.60. The summed E-state index contributed by atoms with van der Waals surface area (Å²) in [5.41, 5.74) is 3.16. The Labute approximate surface area is 177 Å². The maximum Gasteiger partial charge on any atom is 0.265 e. The van der Waals surface area contributed by atoms with Crippen LogP contribution in [0.4, 0.5) is 5.69 Å². The van der Waals surface area contributed by atoms with Gasteiger partial charge in [0.1, 0.15) is 12.7 Å². The summed E-state index contributed by atoms with van der Waals surface area (Å²) in [5, 5.41) is 11.7. The van der Waals surface area contributed by atoms with Crippen LogP contribution in [0, 0.1) is 0 Å². The number of anilines is 1. The molecule has 0 radical (unpaired) electrons. The molecule has 30 heavy (non-hydrogen) atoms. The highest BCUT2D eigenvalue weighted by Crippen LogP contribution is 2.15. The Morgan fingerprint density at radius 2 is 1.80 bits per heavy atom. The van der Waals surface area contributed by atoms with Gasteiger partial charge in [-0.15, -0.1) is 11.3 Å². The van der Waals surface area contributed by atoms with Crippen LogP contribution in [0.1, 0.15) is 31.2 Å². The lowest BCUT2D eigenvalue weighted by atomic mass is 10.1. The molecule has 2 aromatic carbocycles. The van der Waals surface area contributed by atoms with Crippen molar-refractivity contribution in [3.8, 4) is 0 Å². The third-order valence-corrected chi connectivity index (χ3v) is 5.28. The van der Waals surface area contributed by atoms with Crippen molar-refractivity contribution in [2.45, 2.75) is 13.1 Å². The molecule has 2 amide bonds. The lowest BCUT2D eigenvalue weighted by Gasteiger charge is -2.09. The zero-order valence-corrected chi connectivity index (χ0v) is 16.8. The average Bonchev–Trinajstić information content (AvgIpc) is 3.48. The molecule has 0 aliphatic rings. The van der Waals surface area contributed by atoms with Gasteiger partial charge in [0.25, 0.3) is 11.8 Å². The first-order valence-electron chi connectivity index (χ1n) is 9.31. The third-order valence-electron chi connectivity index (χ3n) is 4.41. The largest absolute Gasteiger partial charge is 0.348 e. The van der Waals surface area contributed by atoms with E-state index >= 15 is 0 Å². The van der Waals surface area contributed by atoms with Crippen molar-refractivity contribution in [1.82, 2.24) is 20.1 Å². The molecule has 2 N–H and O–H groups in total. The second kappa shape index (κ2) is 9.15. The predicted molar refractivity (Wildman–Crippen MR) is 115 cm³/mol. The summed E-state index contributed by atoms with van der Waals surface area (Å²) in [6.07, 6.45) is 3.18. The van der Waals surface area contributed by atoms with Gasteiger partial charge < -0.3 is 10.6 Å². The number of nitrogens with zero attached hydrogens (tertiary/aromatic N) is 3. The summed E-state index contributed by atoms with van der Waals surface area (Å²) >= 11 is 1.37. The number of amides is 2. The highest BCUT2D eigenvalue weighted by molar-refractivity contribution is 7.12. The molecular weight excluding hydrogens is 398 g/mol. The zero-order chi connectivity index (χ0) is 20.8. The molecule has 0 saturated carbocycles. The summed E-state index contributed by atoms with van der Waals surface area (Å²) in [6, 6.07) is 18.4. The summed E-state index contributed by atoms with van der Waals surface area (Å²) in [4.78, 5) is 29.3. The fraction of sp³-hybridized carbons (Fsp3) is 0.0909. The van der Waals surface area contributed by atoms with E-state index in [2.05, 4.69) is 20.7 Å². The van der Waals surface area contributed by atoms with Gasteiger partial charge in [-0.25, -0.2) is 9.67 Å². The third kappa shape index (κ3) is 4.98. The molecule has 7 nitrogen and oxygen atoms in total. The fourth-order valence-corrected chi connectivity index (χ4v) is 3.51. The summed E-state index contributed by atoms with van der Waals surface area (Å²) < 4.78 is 1.75. The number of carbonyl (C=O) groups is 2. The van der Waals surface area contributed by atoms with Gasteiger partial charge in [-0.2, -0.15) is 5.10 Å². The minimum absolute atomic E-state index is 0.187. The molecule has 4 aromatic rings. The van der Waals surface area contributed by atoms with Crippen LogP contribution in [0.2, 0.25) is 0 Å². The van der Waals surface area contributed by atoms with Gasteiger partial charge in [-0.05, 0) is 40.8 Å². The van der Waals surface area contributed by atoms with Crippen molar-refractivity contribution in [3.63, 3.8) is 0 Å². The molecule has 0 aliphatic heterocycles. The van der Waals surface area contributed by atoms with Crippen LogP contribution in [-0.4, -0.2) is 26.6 Å². The summed E-state index contributed by atoms with van der Waals surface area (Å²) in [5.74, 6) is -0.387. The molecule has 4 rings (SSSR count). The quantitative estimate of drug-likeness (QED) is 0.481. The van der Waals surface area contributed by atoms with E-state index in [1.54, 1.807) is 41.3 Å². The first-order chi connectivity index (χ1) is 14.7. The molecular formula is C22H19N5O2S. The van der Waals surface area contributed by atoms with Crippen LogP contribution in [0.3, 0.4) is 0 Å². The number of thiophene rings is 1. The fourth-order valence-electron chi connectivity index (χ4n) is 2.89. The topological polar surface area (TPSA) is 88.9 Å². The highest BCUT2D eigenvalue weighted by atomic mass is 32.1. The molecule has 0 unspecified atom stereocenters. The molecule has 0 aliphatic carbocycles. The van der Waals surface area contributed by atoms with Crippen LogP contribution in [-0.2, 0) is 13.1 Å². The molecule has 0 atom stereocenters. The van der Waals surface area contributed by atoms with Crippen LogP contribution in [0.25, 0.3) is 0 Å². The van der Waals surface area contributed by atoms with E-state index in [1.165, 1.54) is 17.7 Å². The van der Waals surface area contributed by atoms with E-state index in [-0.39, 0.29) is 11.8 Å². The maximum absolute atomic E-state index is 12.5. The molecule has 0 saturated heterocycles. The van der Waals surface area contributed by atoms with Crippen molar-refractivity contribution in [3.05, 3.63) is 100 Å². The van der Waals surface area contributed by atoms with E-state index in [0.717, 1.165) is 11.1 Å². The number of aromatic nitrogens is 3. The van der Waals surface area contributed by atoms with Crippen LogP contribution in [0.5, 0.6) is 0 Å². The first kappa shape index (κ1) is 19.5. The second-order valence-corrected chi connectivity index (χ2v) is 7.55. The van der Waals surface area contributed by atoms with E-state index in [9.17, 15) is 9.59 Å². The monoisotopic (exact) mass is 417 g/mol. The van der Waals surface area contributed by atoms with Gasteiger partial charge in [0.15, 0.2) is 0 Å². The number of rotatable bonds is 7. The van der Waals surface area contributed by atoms with Gasteiger partial charge >= 0.3 is 0 Å². The molecule has 8 heteroatoms. The molecule has 2 heterocycles. The number of nitrogens with one attached hydrogen (secondary N) is 2. The Balaban J connectivity index is 1.33. The summed E-state index contributed by atoms with van der Waals surface area (Å²) in [6.45, 7) is 1.06. The molecule has 0 fully saturated rings. The summed E-state index contributed by atoms with van der Waals surface area (Å²) in [7, 11) is 0. The van der Waals surface area contributed by atoms with Crippen molar-refractivity contribution in [1.29, 1.82) is 0 Å². The number of hydrogen-bond donors (Lipinski definition) is 2. The Morgan fingerprint density at radius 3 is 2.53 bits per heavy atom. The Kier molecular flexibility index (Phi) is 5.95. The molecule has 0 bridgehead atoms. The standard InChI is InChI=1S/C22H19N5O2S/c28-21(18-3-1-4-19(11-18)26-22(29)20-5-2-10-30-20)24-12-16-6-8-17(9-7-16)13-27-15-23-14-25-27/h1-11,14-15H,12-13H2,(H,24,28)(H,26,29). The van der Waals surface area contributed by atoms with Gasteiger partial charge in [0.05, 0.1) is 11.4 Å². The van der Waals surface area contributed by atoms with Gasteiger partial charge in [0.2, 0.25) is 0 Å². The molecule has 2 aromatic heterocycles. The van der Waals surface area contributed by atoms with E-state index in [1.807, 2.05) is 35.7 Å². The zero-order valence-electron chi connectivity index (χ0n) is 16.0. The van der Waals surface area contributed by atoms with Crippen molar-refractivity contribution in [2.75, 3.05) is 5.32 Å². The highest BCUT2D eigenvalue weighted by Gasteiger charge is 2.10. The normalized spacial score (nSPS) is 10.5. The number of benzene rings is 2. The SMILES string of the molecule is O=C(NCc1ccc(Cn2cncn2)cc1)c1cccc(NC(=O)c2cccs2)c1. The van der Waals surface area contributed by atoms with E-state index < -0.39 is 0 Å². The predicted octanol–water partition coefficient (Wildman–Crippen LogP) is 3.57. The van der Waals surface area contributed by atoms with E-state index in [4.69, 9.17) is 0 Å². The number of hydrogen-bond acceptors (Lipinski definition) is 5. The van der Waals surface area contributed by atoms with Crippen LogP contribution >= 0.6 is 11.3 Å². The smallest absolute Gasteiger partial charge is 0.265 e. The van der Waals surface area contributed by atoms with Crippen molar-refractivity contribution >= 4 is 28.8 Å².